The summed E-state index contributed by atoms with van der Waals surface area (Å²) < 4.78 is 0. The van der Waals surface area contributed by atoms with E-state index in [0.29, 0.717) is 0 Å². The van der Waals surface area contributed by atoms with Gasteiger partial charge in [-0.2, -0.15) is 0 Å². The minimum Gasteiger partial charge on any atom is -0.254 e. The molecule has 0 bridgehead atoms. The maximum absolute atomic E-state index is 5.25. The summed E-state index contributed by atoms with van der Waals surface area (Å²) in [4.78, 5) is 9.96. The number of aromatic nitrogens is 2. The largest absolute Gasteiger partial charge is 0.254 e. The van der Waals surface area contributed by atoms with Gasteiger partial charge < -0.3 is 0 Å². The molecular formula is C48H28N2. The molecule has 11 rings (SSSR count). The van der Waals surface area contributed by atoms with Crippen LogP contribution in [0.4, 0.5) is 0 Å². The van der Waals surface area contributed by atoms with Crippen molar-refractivity contribution in [2.75, 3.05) is 0 Å². The van der Waals surface area contributed by atoms with Crippen LogP contribution in [0.25, 0.3) is 109 Å². The molecule has 0 aliphatic rings. The van der Waals surface area contributed by atoms with E-state index in [1.807, 2.05) is 12.3 Å². The Morgan fingerprint density at radius 3 is 1.54 bits per heavy atom. The number of nitrogens with zero attached hydrogens (tertiary/aromatic N) is 2. The Kier molecular flexibility index (Phi) is 5.70. The molecule has 50 heavy (non-hydrogen) atoms. The van der Waals surface area contributed by atoms with E-state index in [4.69, 9.17) is 9.97 Å². The lowest BCUT2D eigenvalue weighted by Crippen LogP contribution is -1.92. The van der Waals surface area contributed by atoms with Gasteiger partial charge in [0.25, 0.3) is 0 Å². The fraction of sp³-hybridized carbons (Fsp3) is 0. The second kappa shape index (κ2) is 10.4. The van der Waals surface area contributed by atoms with E-state index < -0.39 is 0 Å². The molecule has 0 spiro atoms. The quantitative estimate of drug-likeness (QED) is 0.177. The van der Waals surface area contributed by atoms with Crippen LogP contribution in [0.1, 0.15) is 0 Å². The molecule has 0 radical (unpaired) electrons. The van der Waals surface area contributed by atoms with Crippen LogP contribution in [0.15, 0.2) is 170 Å². The molecule has 0 unspecified atom stereocenters. The number of pyridine rings is 2. The monoisotopic (exact) mass is 632 g/mol. The number of hydrogen-bond acceptors (Lipinski definition) is 2. The molecule has 11 aromatic rings. The van der Waals surface area contributed by atoms with E-state index in [2.05, 4.69) is 158 Å². The van der Waals surface area contributed by atoms with Gasteiger partial charge in [-0.1, -0.05) is 152 Å². The van der Waals surface area contributed by atoms with Crippen molar-refractivity contribution >= 4 is 86.4 Å². The topological polar surface area (TPSA) is 25.8 Å². The van der Waals surface area contributed by atoms with Crippen LogP contribution in [-0.2, 0) is 0 Å². The molecule has 0 fully saturated rings. The lowest BCUT2D eigenvalue weighted by molar-refractivity contribution is 1.37. The molecular weight excluding hydrogens is 605 g/mol. The van der Waals surface area contributed by atoms with Gasteiger partial charge in [0.05, 0.1) is 16.7 Å². The molecule has 2 nitrogen and oxygen atoms in total. The number of fused-ring (bicyclic) bond motifs is 9. The highest BCUT2D eigenvalue weighted by molar-refractivity contribution is 6.34. The zero-order valence-corrected chi connectivity index (χ0v) is 27.1. The number of rotatable bonds is 2. The first kappa shape index (κ1) is 27.3. The van der Waals surface area contributed by atoms with Gasteiger partial charge in [0.15, 0.2) is 0 Å². The highest BCUT2D eigenvalue weighted by Crippen LogP contribution is 2.44. The van der Waals surface area contributed by atoms with Crippen molar-refractivity contribution in [3.05, 3.63) is 170 Å². The van der Waals surface area contributed by atoms with Crippen molar-refractivity contribution in [1.29, 1.82) is 0 Å². The van der Waals surface area contributed by atoms with E-state index in [1.54, 1.807) is 0 Å². The molecule has 0 aliphatic carbocycles. The van der Waals surface area contributed by atoms with E-state index in [-0.39, 0.29) is 0 Å². The molecule has 9 aromatic carbocycles. The zero-order chi connectivity index (χ0) is 32.8. The second-order valence-electron chi connectivity index (χ2n) is 13.3. The van der Waals surface area contributed by atoms with E-state index in [0.717, 1.165) is 33.1 Å². The molecule has 0 N–H and O–H groups in total. The second-order valence-corrected chi connectivity index (χ2v) is 13.3. The van der Waals surface area contributed by atoms with Crippen LogP contribution in [-0.4, -0.2) is 9.97 Å². The predicted octanol–water partition coefficient (Wildman–Crippen LogP) is 13.0. The summed E-state index contributed by atoms with van der Waals surface area (Å²) in [6, 6.07) is 59.8. The Hall–Kier alpha value is -6.64. The summed E-state index contributed by atoms with van der Waals surface area (Å²) in [6.07, 6.45) is 1.85. The van der Waals surface area contributed by atoms with Gasteiger partial charge in [0, 0.05) is 22.5 Å². The van der Waals surface area contributed by atoms with Gasteiger partial charge in [0.1, 0.15) is 0 Å². The molecule has 0 amide bonds. The maximum Gasteiger partial charge on any atom is 0.0972 e. The van der Waals surface area contributed by atoms with Crippen LogP contribution in [0.5, 0.6) is 0 Å². The van der Waals surface area contributed by atoms with Crippen molar-refractivity contribution in [3.63, 3.8) is 0 Å². The minimum atomic E-state index is 0.930. The highest BCUT2D eigenvalue weighted by atomic mass is 14.8. The molecule has 0 saturated heterocycles. The third-order valence-corrected chi connectivity index (χ3v) is 10.6. The van der Waals surface area contributed by atoms with Crippen molar-refractivity contribution < 1.29 is 0 Å². The molecule has 2 heteroatoms. The fourth-order valence-corrected chi connectivity index (χ4v) is 8.46. The van der Waals surface area contributed by atoms with Crippen LogP contribution in [0, 0.1) is 0 Å². The summed E-state index contributed by atoms with van der Waals surface area (Å²) in [5, 5.41) is 17.3. The summed E-state index contributed by atoms with van der Waals surface area (Å²) in [5.74, 6) is 0. The molecule has 230 valence electrons. The minimum absolute atomic E-state index is 0.930. The summed E-state index contributed by atoms with van der Waals surface area (Å²) >= 11 is 0. The van der Waals surface area contributed by atoms with Crippen molar-refractivity contribution in [2.24, 2.45) is 0 Å². The van der Waals surface area contributed by atoms with Gasteiger partial charge in [-0.3, -0.25) is 4.98 Å². The molecule has 2 aromatic heterocycles. The Morgan fingerprint density at radius 1 is 0.280 bits per heavy atom. The van der Waals surface area contributed by atoms with Gasteiger partial charge >= 0.3 is 0 Å². The fourth-order valence-electron chi connectivity index (χ4n) is 8.46. The average Bonchev–Trinajstić information content (AvgIpc) is 3.19. The standard InChI is InChI=1S/C48H28N2/c1-2-13-34-33(12-1)36(25-26-37(34)43-27-24-32-23-22-31-11-8-28-49-47(31)48(32)50-43)40-18-7-19-42-41-17-6-10-30-21-20-29-9-5-16-38(44(29)45(30)41)35-14-3-4-15-39(35)46(40)42/h1-28H. The number of hydrogen-bond donors (Lipinski definition) is 0. The summed E-state index contributed by atoms with van der Waals surface area (Å²) in [6.45, 7) is 0. The third-order valence-electron chi connectivity index (χ3n) is 10.6. The van der Waals surface area contributed by atoms with E-state index >= 15 is 0 Å². The molecule has 0 aliphatic heterocycles. The van der Waals surface area contributed by atoms with Crippen molar-refractivity contribution in [3.8, 4) is 22.4 Å². The maximum atomic E-state index is 5.25. The summed E-state index contributed by atoms with van der Waals surface area (Å²) in [7, 11) is 0. The van der Waals surface area contributed by atoms with Crippen LogP contribution >= 0.6 is 0 Å². The SMILES string of the molecule is c1cnc2c(c1)ccc1ccc(-c3ccc(-c4cccc5c6cccc7ccc8cccc(c9ccccc9c45)c8c76)c4ccccc34)nc12. The Bertz CT molecular complexity index is 3210. The first-order chi connectivity index (χ1) is 24.8. The Balaban J connectivity index is 1.26. The lowest BCUT2D eigenvalue weighted by atomic mass is 9.86. The van der Waals surface area contributed by atoms with E-state index in [1.165, 1.54) is 75.8 Å². The van der Waals surface area contributed by atoms with Crippen molar-refractivity contribution in [2.45, 2.75) is 0 Å². The van der Waals surface area contributed by atoms with Crippen molar-refractivity contribution in [1.82, 2.24) is 9.97 Å². The van der Waals surface area contributed by atoms with Crippen LogP contribution in [0.3, 0.4) is 0 Å². The normalized spacial score (nSPS) is 12.0. The smallest absolute Gasteiger partial charge is 0.0972 e. The Labute approximate surface area is 287 Å². The van der Waals surface area contributed by atoms with Crippen LogP contribution in [0.2, 0.25) is 0 Å². The third kappa shape index (κ3) is 3.85. The first-order valence-electron chi connectivity index (χ1n) is 17.2. The van der Waals surface area contributed by atoms with Gasteiger partial charge in [-0.25, -0.2) is 4.98 Å². The van der Waals surface area contributed by atoms with E-state index in [9.17, 15) is 0 Å². The Morgan fingerprint density at radius 2 is 0.780 bits per heavy atom. The molecule has 0 saturated carbocycles. The first-order valence-corrected chi connectivity index (χ1v) is 17.2. The molecule has 0 atom stereocenters. The van der Waals surface area contributed by atoms with Crippen LogP contribution < -0.4 is 0 Å². The highest BCUT2D eigenvalue weighted by Gasteiger charge is 2.17. The predicted molar refractivity (Wildman–Crippen MR) is 213 cm³/mol. The average molecular weight is 633 g/mol. The van der Waals surface area contributed by atoms with Gasteiger partial charge in [0.2, 0.25) is 0 Å². The van der Waals surface area contributed by atoms with Gasteiger partial charge in [-0.15, -0.1) is 0 Å². The summed E-state index contributed by atoms with van der Waals surface area (Å²) in [5.41, 5.74) is 6.36. The van der Waals surface area contributed by atoms with Gasteiger partial charge in [-0.05, 0) is 87.9 Å². The lowest BCUT2D eigenvalue weighted by Gasteiger charge is -2.17. The molecule has 2 heterocycles. The zero-order valence-electron chi connectivity index (χ0n) is 27.1. The number of benzene rings is 8.